The molecule has 1 amide bonds. The molecular formula is C17H20ClN5O2. The Morgan fingerprint density at radius 1 is 1.28 bits per heavy atom. The monoisotopic (exact) mass is 361 g/mol. The molecule has 0 spiro atoms. The number of nitrogens with one attached hydrogen (secondary N) is 1. The molecular weight excluding hydrogens is 342 g/mol. The first kappa shape index (κ1) is 17.4. The molecule has 8 heteroatoms. The standard InChI is InChI=1S/C17H20ClN5O2/c1-2-13-15(18)22-17(14(21-13)16(19)24)20-11-3-5-12(6-4-11)23-7-9-25-10-8-23/h3-6H,2,7-10H2,1H3,(H2,19,24)(H,20,22). The van der Waals surface area contributed by atoms with E-state index in [1.807, 2.05) is 31.2 Å². The van der Waals surface area contributed by atoms with Crippen LogP contribution in [-0.4, -0.2) is 42.2 Å². The van der Waals surface area contributed by atoms with Gasteiger partial charge in [0.25, 0.3) is 5.91 Å². The molecule has 0 aliphatic carbocycles. The number of hydrogen-bond donors (Lipinski definition) is 2. The van der Waals surface area contributed by atoms with Gasteiger partial charge in [0.05, 0.1) is 18.9 Å². The van der Waals surface area contributed by atoms with Gasteiger partial charge in [0.2, 0.25) is 0 Å². The zero-order chi connectivity index (χ0) is 17.8. The molecule has 2 heterocycles. The Bertz CT molecular complexity index is 760. The van der Waals surface area contributed by atoms with Crippen LogP contribution in [0.2, 0.25) is 5.15 Å². The first-order valence-corrected chi connectivity index (χ1v) is 8.52. The average molecular weight is 362 g/mol. The second-order valence-corrected chi connectivity index (χ2v) is 6.01. The van der Waals surface area contributed by atoms with Gasteiger partial charge in [0.15, 0.2) is 16.7 Å². The van der Waals surface area contributed by atoms with Crippen LogP contribution in [0, 0.1) is 0 Å². The lowest BCUT2D eigenvalue weighted by atomic mass is 10.2. The maximum Gasteiger partial charge on any atom is 0.271 e. The first-order chi connectivity index (χ1) is 12.1. The van der Waals surface area contributed by atoms with Crippen molar-refractivity contribution in [2.45, 2.75) is 13.3 Å². The second-order valence-electron chi connectivity index (χ2n) is 5.65. The highest BCUT2D eigenvalue weighted by atomic mass is 35.5. The number of ether oxygens (including phenoxy) is 1. The fourth-order valence-corrected chi connectivity index (χ4v) is 2.91. The van der Waals surface area contributed by atoms with Crippen molar-refractivity contribution < 1.29 is 9.53 Å². The third-order valence-electron chi connectivity index (χ3n) is 3.99. The van der Waals surface area contributed by atoms with E-state index in [0.717, 1.165) is 37.7 Å². The zero-order valence-electron chi connectivity index (χ0n) is 14.0. The van der Waals surface area contributed by atoms with E-state index >= 15 is 0 Å². The van der Waals surface area contributed by atoms with E-state index in [9.17, 15) is 4.79 Å². The molecule has 7 nitrogen and oxygen atoms in total. The Labute approximate surface area is 151 Å². The molecule has 0 radical (unpaired) electrons. The summed E-state index contributed by atoms with van der Waals surface area (Å²) >= 11 is 6.11. The van der Waals surface area contributed by atoms with Gasteiger partial charge in [-0.25, -0.2) is 9.97 Å². The summed E-state index contributed by atoms with van der Waals surface area (Å²) < 4.78 is 5.36. The molecule has 0 saturated carbocycles. The lowest BCUT2D eigenvalue weighted by Gasteiger charge is -2.28. The van der Waals surface area contributed by atoms with E-state index in [1.165, 1.54) is 0 Å². The van der Waals surface area contributed by atoms with Crippen LogP contribution < -0.4 is 16.0 Å². The van der Waals surface area contributed by atoms with Crippen molar-refractivity contribution in [3.8, 4) is 0 Å². The summed E-state index contributed by atoms with van der Waals surface area (Å²) in [6.45, 7) is 5.11. The molecule has 1 aliphatic heterocycles. The van der Waals surface area contributed by atoms with Crippen LogP contribution in [-0.2, 0) is 11.2 Å². The van der Waals surface area contributed by atoms with E-state index < -0.39 is 5.91 Å². The minimum Gasteiger partial charge on any atom is -0.378 e. The Morgan fingerprint density at radius 2 is 1.96 bits per heavy atom. The average Bonchev–Trinajstić information content (AvgIpc) is 2.63. The lowest BCUT2D eigenvalue weighted by Crippen LogP contribution is -2.36. The molecule has 2 aromatic rings. The molecule has 3 rings (SSSR count). The Kier molecular flexibility index (Phi) is 5.35. The molecule has 0 bridgehead atoms. The van der Waals surface area contributed by atoms with Crippen LogP contribution >= 0.6 is 11.6 Å². The maximum absolute atomic E-state index is 11.7. The van der Waals surface area contributed by atoms with E-state index in [1.54, 1.807) is 0 Å². The highest BCUT2D eigenvalue weighted by Crippen LogP contribution is 2.24. The molecule has 1 saturated heterocycles. The number of primary amides is 1. The van der Waals surface area contributed by atoms with Gasteiger partial charge in [0.1, 0.15) is 0 Å². The van der Waals surface area contributed by atoms with Gasteiger partial charge in [-0.05, 0) is 30.7 Å². The minimum absolute atomic E-state index is 0.0819. The van der Waals surface area contributed by atoms with Crippen LogP contribution in [0.3, 0.4) is 0 Å². The Morgan fingerprint density at radius 3 is 2.56 bits per heavy atom. The third-order valence-corrected chi connectivity index (χ3v) is 4.30. The zero-order valence-corrected chi connectivity index (χ0v) is 14.7. The van der Waals surface area contributed by atoms with Crippen molar-refractivity contribution >= 4 is 34.7 Å². The van der Waals surface area contributed by atoms with Gasteiger partial charge in [-0.15, -0.1) is 0 Å². The predicted octanol–water partition coefficient (Wildman–Crippen LogP) is 2.37. The minimum atomic E-state index is -0.647. The number of carbonyl (C=O) groups excluding carboxylic acids is 1. The van der Waals surface area contributed by atoms with Crippen molar-refractivity contribution in [3.63, 3.8) is 0 Å². The smallest absolute Gasteiger partial charge is 0.271 e. The van der Waals surface area contributed by atoms with Crippen molar-refractivity contribution in [2.24, 2.45) is 5.73 Å². The maximum atomic E-state index is 11.7. The number of hydrogen-bond acceptors (Lipinski definition) is 6. The van der Waals surface area contributed by atoms with Crippen molar-refractivity contribution in [1.29, 1.82) is 0 Å². The van der Waals surface area contributed by atoms with Crippen LogP contribution in [0.1, 0.15) is 23.1 Å². The van der Waals surface area contributed by atoms with Gasteiger partial charge < -0.3 is 20.7 Å². The Hall–Kier alpha value is -2.38. The van der Waals surface area contributed by atoms with Crippen molar-refractivity contribution in [2.75, 3.05) is 36.5 Å². The van der Waals surface area contributed by atoms with E-state index in [-0.39, 0.29) is 16.7 Å². The third kappa shape index (κ3) is 4.00. The number of aromatic nitrogens is 2. The quantitative estimate of drug-likeness (QED) is 0.849. The van der Waals surface area contributed by atoms with Crippen LogP contribution in [0.25, 0.3) is 0 Å². The lowest BCUT2D eigenvalue weighted by molar-refractivity contribution is 0.0996. The number of carbonyl (C=O) groups is 1. The highest BCUT2D eigenvalue weighted by molar-refractivity contribution is 6.30. The van der Waals surface area contributed by atoms with Gasteiger partial charge >= 0.3 is 0 Å². The van der Waals surface area contributed by atoms with Crippen LogP contribution in [0.4, 0.5) is 17.2 Å². The molecule has 1 aromatic heterocycles. The molecule has 132 valence electrons. The number of aryl methyl sites for hydroxylation is 1. The number of halogens is 1. The summed E-state index contributed by atoms with van der Waals surface area (Å²) in [4.78, 5) is 22.4. The highest BCUT2D eigenvalue weighted by Gasteiger charge is 2.16. The summed E-state index contributed by atoms with van der Waals surface area (Å²) in [6, 6.07) is 7.85. The van der Waals surface area contributed by atoms with E-state index in [4.69, 9.17) is 22.1 Å². The number of rotatable bonds is 5. The number of nitrogens with two attached hydrogens (primary N) is 1. The Balaban J connectivity index is 1.82. The molecule has 0 atom stereocenters. The van der Waals surface area contributed by atoms with Gasteiger partial charge in [0, 0.05) is 24.5 Å². The summed E-state index contributed by atoms with van der Waals surface area (Å²) in [6.07, 6.45) is 0.570. The van der Waals surface area contributed by atoms with E-state index in [0.29, 0.717) is 12.1 Å². The number of anilines is 3. The number of nitrogens with zero attached hydrogens (tertiary/aromatic N) is 3. The van der Waals surface area contributed by atoms with E-state index in [2.05, 4.69) is 20.2 Å². The van der Waals surface area contributed by atoms with Gasteiger partial charge in [-0.3, -0.25) is 4.79 Å². The summed E-state index contributed by atoms with van der Waals surface area (Å²) in [5, 5.41) is 3.34. The second kappa shape index (κ2) is 7.67. The number of amides is 1. The van der Waals surface area contributed by atoms with Gasteiger partial charge in [-0.1, -0.05) is 18.5 Å². The number of morpholine rings is 1. The predicted molar refractivity (Wildman–Crippen MR) is 97.7 cm³/mol. The summed E-state index contributed by atoms with van der Waals surface area (Å²) in [5.41, 5.74) is 7.94. The topological polar surface area (TPSA) is 93.4 Å². The van der Waals surface area contributed by atoms with Crippen molar-refractivity contribution in [3.05, 3.63) is 40.8 Å². The summed E-state index contributed by atoms with van der Waals surface area (Å²) in [7, 11) is 0. The molecule has 1 aliphatic rings. The molecule has 0 unspecified atom stereocenters. The fourth-order valence-electron chi connectivity index (χ4n) is 2.65. The van der Waals surface area contributed by atoms with Crippen molar-refractivity contribution in [1.82, 2.24) is 9.97 Å². The van der Waals surface area contributed by atoms with Gasteiger partial charge in [-0.2, -0.15) is 0 Å². The number of benzene rings is 1. The molecule has 1 fully saturated rings. The first-order valence-electron chi connectivity index (χ1n) is 8.14. The molecule has 25 heavy (non-hydrogen) atoms. The molecule has 1 aromatic carbocycles. The van der Waals surface area contributed by atoms with Crippen LogP contribution in [0.15, 0.2) is 24.3 Å². The normalized spacial score (nSPS) is 14.4. The fraction of sp³-hybridized carbons (Fsp3) is 0.353. The van der Waals surface area contributed by atoms with Crippen LogP contribution in [0.5, 0.6) is 0 Å². The SMILES string of the molecule is CCc1nc(C(N)=O)c(Nc2ccc(N3CCOCC3)cc2)nc1Cl. The summed E-state index contributed by atoms with van der Waals surface area (Å²) in [5.74, 6) is -0.389. The molecule has 3 N–H and O–H groups in total. The largest absolute Gasteiger partial charge is 0.378 e.